The first-order valence-electron chi connectivity index (χ1n) is 10.3. The Balaban J connectivity index is 2.12. The molecule has 4 rings (SSSR count). The lowest BCUT2D eigenvalue weighted by molar-refractivity contribution is -0.144. The molecule has 0 spiro atoms. The van der Waals surface area contributed by atoms with E-state index in [0.717, 1.165) is 4.90 Å². The van der Waals surface area contributed by atoms with Crippen molar-refractivity contribution in [3.63, 3.8) is 0 Å². The summed E-state index contributed by atoms with van der Waals surface area (Å²) in [5.41, 5.74) is -12.5. The third-order valence-corrected chi connectivity index (χ3v) is 6.24. The van der Waals surface area contributed by atoms with E-state index in [1.807, 2.05) is 0 Å². The minimum Gasteiger partial charge on any atom is -0.431 e. The first-order chi connectivity index (χ1) is 16.7. The Bertz CT molecular complexity index is 1090. The van der Waals surface area contributed by atoms with E-state index in [0.29, 0.717) is 0 Å². The number of carbonyl (C=O) groups is 1. The summed E-state index contributed by atoms with van der Waals surface area (Å²) >= 11 is 0. The molecule has 0 aliphatic carbocycles. The third kappa shape index (κ3) is 4.67. The Labute approximate surface area is 199 Å². The highest BCUT2D eigenvalue weighted by Crippen LogP contribution is 2.52. The van der Waals surface area contributed by atoms with E-state index in [-0.39, 0.29) is 55.8 Å². The summed E-state index contributed by atoms with van der Waals surface area (Å²) in [4.78, 5) is 13.4. The second-order valence-corrected chi connectivity index (χ2v) is 8.54. The number of rotatable bonds is 2. The molecule has 1 amide bonds. The summed E-state index contributed by atoms with van der Waals surface area (Å²) in [5.74, 6) is 0. The highest BCUT2D eigenvalue weighted by molar-refractivity contribution is 5.74. The van der Waals surface area contributed by atoms with Crippen LogP contribution >= 0.6 is 0 Å². The number of amides is 1. The van der Waals surface area contributed by atoms with Gasteiger partial charge in [0.25, 0.3) is 0 Å². The molecule has 15 heteroatoms. The number of cyclic esters (lactones) is 1. The van der Waals surface area contributed by atoms with E-state index in [1.54, 1.807) is 0 Å². The Morgan fingerprint density at radius 1 is 0.649 bits per heavy atom. The van der Waals surface area contributed by atoms with Crippen molar-refractivity contribution in [2.45, 2.75) is 49.2 Å². The van der Waals surface area contributed by atoms with E-state index < -0.39 is 75.8 Å². The fourth-order valence-corrected chi connectivity index (χ4v) is 4.68. The standard InChI is InChI=1S/C22H13F12NO2/c23-19(24,25)12-4-10(5-13(8-12)20(26,27)28)18(16-2-1-3-35(16)17(36)37-18)11-6-14(21(29,30)31)9-15(7-11)22(32,33)34/h4-9,16H,1-3H2. The number of carbonyl (C=O) groups excluding carboxylic acids is 1. The Hall–Kier alpha value is -3.13. The molecule has 1 atom stereocenters. The van der Waals surface area contributed by atoms with Crippen molar-refractivity contribution in [1.29, 1.82) is 0 Å². The van der Waals surface area contributed by atoms with Gasteiger partial charge in [-0.1, -0.05) is 0 Å². The van der Waals surface area contributed by atoms with Gasteiger partial charge in [-0.05, 0) is 49.2 Å². The molecule has 2 fully saturated rings. The van der Waals surface area contributed by atoms with Gasteiger partial charge in [-0.15, -0.1) is 0 Å². The molecule has 0 bridgehead atoms. The van der Waals surface area contributed by atoms with Crippen LogP contribution in [0.15, 0.2) is 36.4 Å². The quantitative estimate of drug-likeness (QED) is 0.360. The predicted molar refractivity (Wildman–Crippen MR) is 99.9 cm³/mol. The number of nitrogens with zero attached hydrogens (tertiary/aromatic N) is 1. The summed E-state index contributed by atoms with van der Waals surface area (Å²) in [7, 11) is 0. The molecule has 2 saturated heterocycles. The molecular weight excluding hydrogens is 538 g/mol. The SMILES string of the molecule is O=C1OC(c2cc(C(F)(F)F)cc(C(F)(F)F)c2)(c2cc(C(F)(F)F)cc(C(F)(F)F)c2)C2CCCN12. The van der Waals surface area contributed by atoms with Gasteiger partial charge in [-0.2, -0.15) is 52.7 Å². The highest BCUT2D eigenvalue weighted by atomic mass is 19.4. The maximum atomic E-state index is 13.6. The monoisotopic (exact) mass is 551 g/mol. The molecule has 37 heavy (non-hydrogen) atoms. The molecule has 0 aromatic heterocycles. The molecule has 0 saturated carbocycles. The van der Waals surface area contributed by atoms with Gasteiger partial charge in [0.15, 0.2) is 5.60 Å². The zero-order chi connectivity index (χ0) is 27.8. The summed E-state index contributed by atoms with van der Waals surface area (Å²) in [6.45, 7) is -0.124. The van der Waals surface area contributed by atoms with E-state index in [2.05, 4.69) is 0 Å². The minimum absolute atomic E-state index is 0.123. The van der Waals surface area contributed by atoms with Gasteiger partial charge in [0.05, 0.1) is 28.3 Å². The molecule has 202 valence electrons. The van der Waals surface area contributed by atoms with Gasteiger partial charge >= 0.3 is 30.8 Å². The van der Waals surface area contributed by atoms with Crippen LogP contribution in [-0.2, 0) is 35.0 Å². The van der Waals surface area contributed by atoms with E-state index >= 15 is 0 Å². The smallest absolute Gasteiger partial charge is 0.416 e. The fraction of sp³-hybridized carbons (Fsp3) is 0.409. The number of ether oxygens (including phenoxy) is 1. The van der Waals surface area contributed by atoms with Gasteiger partial charge < -0.3 is 9.64 Å². The van der Waals surface area contributed by atoms with Crippen LogP contribution in [0, 0.1) is 0 Å². The number of halogens is 12. The lowest BCUT2D eigenvalue weighted by atomic mass is 9.77. The number of hydrogen-bond acceptors (Lipinski definition) is 2. The lowest BCUT2D eigenvalue weighted by Crippen LogP contribution is -2.41. The average Bonchev–Trinajstić information content (AvgIpc) is 3.34. The van der Waals surface area contributed by atoms with Crippen molar-refractivity contribution in [2.24, 2.45) is 0 Å². The van der Waals surface area contributed by atoms with Crippen molar-refractivity contribution in [3.05, 3.63) is 69.8 Å². The maximum absolute atomic E-state index is 13.6. The van der Waals surface area contributed by atoms with Gasteiger partial charge in [0.2, 0.25) is 0 Å². The Morgan fingerprint density at radius 2 is 1.00 bits per heavy atom. The van der Waals surface area contributed by atoms with Crippen LogP contribution in [0.3, 0.4) is 0 Å². The van der Waals surface area contributed by atoms with Crippen LogP contribution in [0.1, 0.15) is 46.2 Å². The van der Waals surface area contributed by atoms with Crippen molar-refractivity contribution >= 4 is 6.09 Å². The van der Waals surface area contributed by atoms with Crippen LogP contribution in [0.2, 0.25) is 0 Å². The van der Waals surface area contributed by atoms with Crippen LogP contribution in [-0.4, -0.2) is 23.6 Å². The van der Waals surface area contributed by atoms with Crippen LogP contribution < -0.4 is 0 Å². The summed E-state index contributed by atoms with van der Waals surface area (Å²) < 4.78 is 168. The number of alkyl halides is 12. The third-order valence-electron chi connectivity index (χ3n) is 6.24. The summed E-state index contributed by atoms with van der Waals surface area (Å²) in [6, 6.07) is -1.44. The average molecular weight is 551 g/mol. The Morgan fingerprint density at radius 3 is 1.32 bits per heavy atom. The first-order valence-corrected chi connectivity index (χ1v) is 10.3. The van der Waals surface area contributed by atoms with Gasteiger partial charge in [0, 0.05) is 17.7 Å². The minimum atomic E-state index is -5.39. The van der Waals surface area contributed by atoms with E-state index in [1.165, 1.54) is 0 Å². The van der Waals surface area contributed by atoms with Crippen LogP contribution in [0.25, 0.3) is 0 Å². The van der Waals surface area contributed by atoms with Gasteiger partial charge in [-0.25, -0.2) is 4.79 Å². The molecule has 2 aliphatic heterocycles. The number of benzene rings is 2. The van der Waals surface area contributed by atoms with E-state index in [9.17, 15) is 57.5 Å². The largest absolute Gasteiger partial charge is 0.431 e. The molecule has 0 N–H and O–H groups in total. The van der Waals surface area contributed by atoms with E-state index in [4.69, 9.17) is 4.74 Å². The predicted octanol–water partition coefficient (Wildman–Crippen LogP) is 7.62. The van der Waals surface area contributed by atoms with Crippen LogP contribution in [0.4, 0.5) is 57.5 Å². The lowest BCUT2D eigenvalue weighted by Gasteiger charge is -2.35. The first kappa shape index (κ1) is 26.9. The zero-order valence-electron chi connectivity index (χ0n) is 18.0. The molecule has 3 nitrogen and oxygen atoms in total. The molecule has 0 radical (unpaired) electrons. The molecule has 2 heterocycles. The van der Waals surface area contributed by atoms with Crippen LogP contribution in [0.5, 0.6) is 0 Å². The Kier molecular flexibility index (Phi) is 5.95. The van der Waals surface area contributed by atoms with Gasteiger partial charge in [-0.3, -0.25) is 0 Å². The van der Waals surface area contributed by atoms with Crippen molar-refractivity contribution in [3.8, 4) is 0 Å². The second-order valence-electron chi connectivity index (χ2n) is 8.54. The van der Waals surface area contributed by atoms with Crippen molar-refractivity contribution < 1.29 is 62.2 Å². The molecule has 2 aromatic carbocycles. The fourth-order valence-electron chi connectivity index (χ4n) is 4.68. The molecule has 2 aliphatic rings. The highest BCUT2D eigenvalue weighted by Gasteiger charge is 2.59. The van der Waals surface area contributed by atoms with Crippen molar-refractivity contribution in [2.75, 3.05) is 6.54 Å². The van der Waals surface area contributed by atoms with Gasteiger partial charge in [0.1, 0.15) is 0 Å². The molecule has 2 aromatic rings. The number of hydrogen-bond donors (Lipinski definition) is 0. The van der Waals surface area contributed by atoms with Crippen molar-refractivity contribution in [1.82, 2.24) is 4.90 Å². The topological polar surface area (TPSA) is 29.5 Å². The second kappa shape index (κ2) is 8.18. The number of fused-ring (bicyclic) bond motifs is 1. The normalized spacial score (nSPS) is 20.3. The summed E-state index contributed by atoms with van der Waals surface area (Å²) in [6.07, 6.45) is -22.9. The zero-order valence-corrected chi connectivity index (χ0v) is 18.0. The molecular formula is C22H13F12NO2. The summed E-state index contributed by atoms with van der Waals surface area (Å²) in [5, 5.41) is 0. The molecule has 1 unspecified atom stereocenters. The maximum Gasteiger partial charge on any atom is 0.416 e.